The largest absolute Gasteiger partial charge is 0.494 e. The molecule has 12 heteroatoms. The lowest BCUT2D eigenvalue weighted by atomic mass is 9.95. The van der Waals surface area contributed by atoms with Crippen molar-refractivity contribution in [2.45, 2.75) is 31.0 Å². The monoisotopic (exact) mass is 536 g/mol. The smallest absolute Gasteiger partial charge is 0.322 e. The van der Waals surface area contributed by atoms with Crippen LogP contribution in [0.3, 0.4) is 0 Å². The molecule has 5 heterocycles. The molecule has 204 valence electrons. The summed E-state index contributed by atoms with van der Waals surface area (Å²) in [6, 6.07) is 8.18. The second-order valence-corrected chi connectivity index (χ2v) is 10.4. The van der Waals surface area contributed by atoms with E-state index >= 15 is 0 Å². The lowest BCUT2D eigenvalue weighted by Gasteiger charge is -2.35. The van der Waals surface area contributed by atoms with Gasteiger partial charge in [-0.3, -0.25) is 14.9 Å². The van der Waals surface area contributed by atoms with E-state index in [1.807, 2.05) is 6.07 Å². The number of amides is 4. The number of carbonyl (C=O) groups is 3. The van der Waals surface area contributed by atoms with Crippen molar-refractivity contribution in [1.82, 2.24) is 25.4 Å². The Morgan fingerprint density at radius 1 is 1.18 bits per heavy atom. The summed E-state index contributed by atoms with van der Waals surface area (Å²) in [6.45, 7) is 1.54. The first-order chi connectivity index (χ1) is 18.7. The van der Waals surface area contributed by atoms with Gasteiger partial charge in [-0.15, -0.1) is 0 Å². The van der Waals surface area contributed by atoms with Gasteiger partial charge in [0, 0.05) is 31.7 Å². The molecule has 0 aliphatic carbocycles. The number of ether oxygens (including phenoxy) is 1. The number of methoxy groups -OCH3 is 1. The highest BCUT2D eigenvalue weighted by Gasteiger charge is 2.53. The van der Waals surface area contributed by atoms with Gasteiger partial charge in [0.05, 0.1) is 19.2 Å². The normalized spacial score (nSPS) is 21.6. The molecule has 2 saturated heterocycles. The fourth-order valence-electron chi connectivity index (χ4n) is 5.73. The number of carbonyl (C=O) groups excluding carboxylic acids is 3. The molecule has 3 aromatic rings. The van der Waals surface area contributed by atoms with E-state index in [1.165, 1.54) is 18.1 Å². The van der Waals surface area contributed by atoms with Crippen LogP contribution in [0.1, 0.15) is 34.5 Å². The molecule has 6 rings (SSSR count). The van der Waals surface area contributed by atoms with Gasteiger partial charge < -0.3 is 29.2 Å². The average molecular weight is 537 g/mol. The van der Waals surface area contributed by atoms with Gasteiger partial charge in [-0.1, -0.05) is 6.07 Å². The number of benzene rings is 1. The number of piperidine rings is 1. The van der Waals surface area contributed by atoms with Crippen LogP contribution in [-0.4, -0.2) is 79.5 Å². The van der Waals surface area contributed by atoms with E-state index in [4.69, 9.17) is 14.1 Å². The summed E-state index contributed by atoms with van der Waals surface area (Å²) in [5, 5.41) is 4.90. The maximum atomic E-state index is 14.9. The van der Waals surface area contributed by atoms with Crippen molar-refractivity contribution in [3.8, 4) is 5.75 Å². The van der Waals surface area contributed by atoms with E-state index in [1.54, 1.807) is 18.2 Å². The summed E-state index contributed by atoms with van der Waals surface area (Å²) < 4.78 is 26.0. The first-order valence-electron chi connectivity index (χ1n) is 12.8. The minimum absolute atomic E-state index is 0.0457. The fraction of sp³-hybridized carbons (Fsp3) is 0.407. The van der Waals surface area contributed by atoms with Gasteiger partial charge >= 0.3 is 6.03 Å². The zero-order valence-corrected chi connectivity index (χ0v) is 21.9. The van der Waals surface area contributed by atoms with Crippen molar-refractivity contribution in [2.75, 3.05) is 45.7 Å². The number of hydrogen-bond donors (Lipinski definition) is 2. The zero-order valence-electron chi connectivity index (χ0n) is 21.9. The van der Waals surface area contributed by atoms with Gasteiger partial charge in [-0.25, -0.2) is 14.2 Å². The molecule has 0 saturated carbocycles. The van der Waals surface area contributed by atoms with Crippen molar-refractivity contribution in [3.63, 3.8) is 0 Å². The topological polar surface area (TPSA) is 120 Å². The maximum Gasteiger partial charge on any atom is 0.322 e. The molecule has 0 radical (unpaired) electrons. The number of rotatable bonds is 6. The Labute approximate surface area is 223 Å². The van der Waals surface area contributed by atoms with Crippen LogP contribution < -0.4 is 20.3 Å². The Bertz CT molecular complexity index is 1500. The third-order valence-corrected chi connectivity index (χ3v) is 7.94. The summed E-state index contributed by atoms with van der Waals surface area (Å²) >= 11 is 0. The quantitative estimate of drug-likeness (QED) is 0.460. The van der Waals surface area contributed by atoms with Gasteiger partial charge in [-0.05, 0) is 50.7 Å². The average Bonchev–Trinajstić information content (AvgIpc) is 3.57. The number of anilines is 1. The lowest BCUT2D eigenvalue weighted by Crippen LogP contribution is -2.52. The molecular formula is C27H29FN6O5. The van der Waals surface area contributed by atoms with E-state index < -0.39 is 29.2 Å². The Hall–Kier alpha value is -4.19. The first kappa shape index (κ1) is 25.1. The molecule has 1 aromatic carbocycles. The molecule has 2 fully saturated rings. The Kier molecular flexibility index (Phi) is 5.94. The summed E-state index contributed by atoms with van der Waals surface area (Å²) in [6.07, 6.45) is 2.05. The summed E-state index contributed by atoms with van der Waals surface area (Å²) in [5.74, 6) is -1.14. The summed E-state index contributed by atoms with van der Waals surface area (Å²) in [7, 11) is 5.50. The summed E-state index contributed by atoms with van der Waals surface area (Å²) in [5.41, 5.74) is -0.384. The van der Waals surface area contributed by atoms with Crippen LogP contribution in [0, 0.1) is 5.82 Å². The van der Waals surface area contributed by atoms with Crippen LogP contribution in [0.2, 0.25) is 0 Å². The van der Waals surface area contributed by atoms with E-state index in [9.17, 15) is 18.8 Å². The van der Waals surface area contributed by atoms with Crippen LogP contribution in [-0.2, 0) is 16.9 Å². The molecule has 2 N–H and O–H groups in total. The molecule has 0 spiro atoms. The van der Waals surface area contributed by atoms with Gasteiger partial charge in [0.1, 0.15) is 17.1 Å². The van der Waals surface area contributed by atoms with Crippen LogP contribution in [0.5, 0.6) is 5.75 Å². The number of pyridine rings is 1. The van der Waals surface area contributed by atoms with Gasteiger partial charge in [0.15, 0.2) is 22.7 Å². The van der Waals surface area contributed by atoms with E-state index in [0.29, 0.717) is 22.7 Å². The standard InChI is InChI=1S/C27H29FN6O5/c1-32(2)16-8-10-33(11-9-16)21-7-6-18-17(29-21)12-20(39-18)27(25(36)30-26(37)31-27)14-34-13-15-4-5-19(38-3)23(28)22(15)24(34)35/h4-7,12,16H,8-11,13-14H2,1-3H3,(H2,30,31,36,37). The molecule has 3 aliphatic heterocycles. The maximum absolute atomic E-state index is 14.9. The fourth-order valence-corrected chi connectivity index (χ4v) is 5.73. The number of nitrogens with zero attached hydrogens (tertiary/aromatic N) is 4. The number of halogens is 1. The molecule has 1 atom stereocenters. The molecule has 0 bridgehead atoms. The minimum Gasteiger partial charge on any atom is -0.494 e. The van der Waals surface area contributed by atoms with E-state index in [0.717, 1.165) is 31.7 Å². The highest BCUT2D eigenvalue weighted by atomic mass is 19.1. The highest BCUT2D eigenvalue weighted by molar-refractivity contribution is 6.08. The number of aromatic nitrogens is 1. The molecule has 4 amide bonds. The van der Waals surface area contributed by atoms with Crippen molar-refractivity contribution >= 4 is 34.8 Å². The number of hydrogen-bond acceptors (Lipinski definition) is 8. The van der Waals surface area contributed by atoms with Crippen molar-refractivity contribution in [2.24, 2.45) is 0 Å². The Balaban J connectivity index is 1.31. The number of nitrogens with one attached hydrogen (secondary N) is 2. The number of fused-ring (bicyclic) bond motifs is 2. The summed E-state index contributed by atoms with van der Waals surface area (Å²) in [4.78, 5) is 49.3. The van der Waals surface area contributed by atoms with Gasteiger partial charge in [-0.2, -0.15) is 0 Å². The number of imide groups is 1. The predicted octanol–water partition coefficient (Wildman–Crippen LogP) is 2.20. The van der Waals surface area contributed by atoms with Crippen LogP contribution in [0.25, 0.3) is 11.1 Å². The Morgan fingerprint density at radius 2 is 1.95 bits per heavy atom. The molecule has 2 aromatic heterocycles. The molecule has 39 heavy (non-hydrogen) atoms. The zero-order chi connectivity index (χ0) is 27.5. The first-order valence-corrected chi connectivity index (χ1v) is 12.8. The van der Waals surface area contributed by atoms with Crippen molar-refractivity contribution in [1.29, 1.82) is 0 Å². The lowest BCUT2D eigenvalue weighted by molar-refractivity contribution is -0.125. The minimum atomic E-state index is -1.71. The van der Waals surface area contributed by atoms with E-state index in [-0.39, 0.29) is 30.2 Å². The second-order valence-electron chi connectivity index (χ2n) is 10.4. The van der Waals surface area contributed by atoms with Gasteiger partial charge in [0.25, 0.3) is 11.8 Å². The second kappa shape index (κ2) is 9.23. The Morgan fingerprint density at radius 3 is 2.62 bits per heavy atom. The van der Waals surface area contributed by atoms with Crippen LogP contribution in [0.15, 0.2) is 34.7 Å². The van der Waals surface area contributed by atoms with Crippen LogP contribution >= 0.6 is 0 Å². The van der Waals surface area contributed by atoms with Crippen molar-refractivity contribution in [3.05, 3.63) is 53.0 Å². The SMILES string of the molecule is COc1ccc2c(c1F)C(=O)N(CC1(c3cc4nc(N5CCC(N(C)C)CC5)ccc4o3)NC(=O)NC1=O)C2. The predicted molar refractivity (Wildman–Crippen MR) is 139 cm³/mol. The molecular weight excluding hydrogens is 507 g/mol. The molecule has 1 unspecified atom stereocenters. The number of urea groups is 1. The van der Waals surface area contributed by atoms with Crippen LogP contribution in [0.4, 0.5) is 15.0 Å². The van der Waals surface area contributed by atoms with Gasteiger partial charge in [0.2, 0.25) is 0 Å². The van der Waals surface area contributed by atoms with E-state index in [2.05, 4.69) is 34.5 Å². The molecule has 3 aliphatic rings. The number of furan rings is 1. The highest BCUT2D eigenvalue weighted by Crippen LogP contribution is 2.36. The van der Waals surface area contributed by atoms with Crippen molar-refractivity contribution < 1.29 is 27.9 Å². The molecule has 11 nitrogen and oxygen atoms in total. The third kappa shape index (κ3) is 4.06. The third-order valence-electron chi connectivity index (χ3n) is 7.94.